The Kier molecular flexibility index (Phi) is 8.19. The molecule has 0 N–H and O–H groups in total. The van der Waals surface area contributed by atoms with Crippen molar-refractivity contribution in [1.29, 1.82) is 0 Å². The van der Waals surface area contributed by atoms with Gasteiger partial charge in [0.05, 0.1) is 23.2 Å². The lowest BCUT2D eigenvalue weighted by atomic mass is 9.70. The van der Waals surface area contributed by atoms with Crippen molar-refractivity contribution in [2.24, 2.45) is 0 Å². The number of aromatic nitrogens is 2. The third kappa shape index (κ3) is 5.42. The highest BCUT2D eigenvalue weighted by Crippen LogP contribution is 2.45. The number of piperidine rings is 2. The molecule has 4 aromatic rings. The molecule has 6 nitrogen and oxygen atoms in total. The summed E-state index contributed by atoms with van der Waals surface area (Å²) in [6, 6.07) is 29.3. The molecule has 7 rings (SSSR count). The van der Waals surface area contributed by atoms with E-state index in [0.29, 0.717) is 36.0 Å². The van der Waals surface area contributed by atoms with Crippen LogP contribution < -0.4 is 4.74 Å². The number of likely N-dealkylation sites (tertiary alicyclic amines) is 1. The van der Waals surface area contributed by atoms with E-state index in [1.54, 1.807) is 0 Å². The number of hydrogen-bond acceptors (Lipinski definition) is 4. The van der Waals surface area contributed by atoms with E-state index in [9.17, 15) is 4.79 Å². The molecule has 230 valence electrons. The van der Waals surface area contributed by atoms with Gasteiger partial charge >= 0.3 is 0 Å². The predicted molar refractivity (Wildman–Crippen MR) is 176 cm³/mol. The van der Waals surface area contributed by atoms with E-state index in [4.69, 9.17) is 9.72 Å². The van der Waals surface area contributed by atoms with Crippen LogP contribution in [0.1, 0.15) is 86.1 Å². The second-order valence-electron chi connectivity index (χ2n) is 13.3. The number of amides is 1. The second-order valence-corrected chi connectivity index (χ2v) is 13.3. The Labute approximate surface area is 262 Å². The SMILES string of the molecule is CCCOc1ccccc1C(=O)N1CCC(CCN2C3CCC2CC(n2c(C)nc4ccccc42)C3)(c2ccccc2)CC1. The first-order valence-electron chi connectivity index (χ1n) is 16.8. The summed E-state index contributed by atoms with van der Waals surface area (Å²) in [4.78, 5) is 23.5. The maximum Gasteiger partial charge on any atom is 0.257 e. The van der Waals surface area contributed by atoms with Crippen molar-refractivity contribution in [3.8, 4) is 5.75 Å². The summed E-state index contributed by atoms with van der Waals surface area (Å²) in [5, 5.41) is 0. The first-order valence-corrected chi connectivity index (χ1v) is 16.8. The molecule has 3 saturated heterocycles. The van der Waals surface area contributed by atoms with Gasteiger partial charge in [0.15, 0.2) is 0 Å². The average Bonchev–Trinajstić information content (AvgIpc) is 3.53. The van der Waals surface area contributed by atoms with Gasteiger partial charge in [-0.1, -0.05) is 61.5 Å². The summed E-state index contributed by atoms with van der Waals surface area (Å²) in [5.74, 6) is 1.95. The fraction of sp³-hybridized carbons (Fsp3) is 0.474. The molecule has 2 bridgehead atoms. The van der Waals surface area contributed by atoms with E-state index >= 15 is 0 Å². The van der Waals surface area contributed by atoms with Crippen LogP contribution in [0.25, 0.3) is 11.0 Å². The summed E-state index contributed by atoms with van der Waals surface area (Å²) in [5.41, 5.74) is 4.61. The molecular weight excluding hydrogens is 544 g/mol. The van der Waals surface area contributed by atoms with Crippen LogP contribution in [0.2, 0.25) is 0 Å². The molecular formula is C38H46N4O2. The van der Waals surface area contributed by atoms with Gasteiger partial charge in [-0.15, -0.1) is 0 Å². The number of para-hydroxylation sites is 3. The monoisotopic (exact) mass is 590 g/mol. The van der Waals surface area contributed by atoms with Crippen LogP contribution in [0, 0.1) is 6.92 Å². The Morgan fingerprint density at radius 1 is 0.886 bits per heavy atom. The highest BCUT2D eigenvalue weighted by Gasteiger charge is 2.44. The van der Waals surface area contributed by atoms with Crippen molar-refractivity contribution in [3.63, 3.8) is 0 Å². The first-order chi connectivity index (χ1) is 21.6. The van der Waals surface area contributed by atoms with Gasteiger partial charge < -0.3 is 14.2 Å². The number of carbonyl (C=O) groups excluding carboxylic acids is 1. The minimum atomic E-state index is 0.0870. The lowest BCUT2D eigenvalue weighted by molar-refractivity contribution is 0.0603. The number of fused-ring (bicyclic) bond motifs is 3. The highest BCUT2D eigenvalue weighted by atomic mass is 16.5. The normalized spacial score (nSPS) is 23.2. The van der Waals surface area contributed by atoms with Gasteiger partial charge in [0.1, 0.15) is 11.6 Å². The number of benzene rings is 3. The molecule has 1 aromatic heterocycles. The van der Waals surface area contributed by atoms with Crippen LogP contribution >= 0.6 is 0 Å². The van der Waals surface area contributed by atoms with Crippen LogP contribution in [0.15, 0.2) is 78.9 Å². The highest BCUT2D eigenvalue weighted by molar-refractivity contribution is 5.97. The predicted octanol–water partition coefficient (Wildman–Crippen LogP) is 7.57. The summed E-state index contributed by atoms with van der Waals surface area (Å²) in [7, 11) is 0. The third-order valence-corrected chi connectivity index (χ3v) is 10.8. The summed E-state index contributed by atoms with van der Waals surface area (Å²) < 4.78 is 8.47. The Balaban J connectivity index is 1.05. The minimum absolute atomic E-state index is 0.0870. The fourth-order valence-electron chi connectivity index (χ4n) is 8.55. The zero-order chi connectivity index (χ0) is 30.1. The minimum Gasteiger partial charge on any atom is -0.493 e. The fourth-order valence-corrected chi connectivity index (χ4v) is 8.55. The number of aryl methyl sites for hydroxylation is 1. The van der Waals surface area contributed by atoms with Crippen molar-refractivity contribution < 1.29 is 9.53 Å². The molecule has 1 amide bonds. The number of imidazole rings is 1. The molecule has 3 aromatic carbocycles. The van der Waals surface area contributed by atoms with E-state index in [1.807, 2.05) is 24.3 Å². The molecule has 6 heteroatoms. The molecule has 4 heterocycles. The number of rotatable bonds is 9. The van der Waals surface area contributed by atoms with Gasteiger partial charge in [0.2, 0.25) is 0 Å². The Bertz CT molecular complexity index is 1570. The third-order valence-electron chi connectivity index (χ3n) is 10.8. The lowest BCUT2D eigenvalue weighted by Gasteiger charge is -2.45. The Hall–Kier alpha value is -3.64. The number of carbonyl (C=O) groups is 1. The van der Waals surface area contributed by atoms with E-state index < -0.39 is 0 Å². The van der Waals surface area contributed by atoms with Crippen LogP contribution in [0.4, 0.5) is 0 Å². The van der Waals surface area contributed by atoms with Gasteiger partial charge in [0.25, 0.3) is 5.91 Å². The molecule has 2 atom stereocenters. The van der Waals surface area contributed by atoms with Crippen molar-refractivity contribution in [2.75, 3.05) is 26.2 Å². The van der Waals surface area contributed by atoms with Gasteiger partial charge in [-0.05, 0) is 100 Å². The van der Waals surface area contributed by atoms with Gasteiger partial charge in [-0.25, -0.2) is 4.98 Å². The zero-order valence-electron chi connectivity index (χ0n) is 26.3. The van der Waals surface area contributed by atoms with Crippen molar-refractivity contribution in [3.05, 3.63) is 95.8 Å². The van der Waals surface area contributed by atoms with Gasteiger partial charge in [-0.3, -0.25) is 9.69 Å². The summed E-state index contributed by atoms with van der Waals surface area (Å²) >= 11 is 0. The van der Waals surface area contributed by atoms with Crippen molar-refractivity contribution >= 4 is 16.9 Å². The largest absolute Gasteiger partial charge is 0.493 e. The quantitative estimate of drug-likeness (QED) is 0.202. The van der Waals surface area contributed by atoms with E-state index in [0.717, 1.165) is 56.7 Å². The second kappa shape index (κ2) is 12.4. The van der Waals surface area contributed by atoms with Crippen molar-refractivity contribution in [1.82, 2.24) is 19.4 Å². The first kappa shape index (κ1) is 29.1. The van der Waals surface area contributed by atoms with Crippen LogP contribution in [-0.2, 0) is 5.41 Å². The topological polar surface area (TPSA) is 50.6 Å². The van der Waals surface area contributed by atoms with Crippen LogP contribution in [0.5, 0.6) is 5.75 Å². The number of nitrogens with zero attached hydrogens (tertiary/aromatic N) is 4. The molecule has 0 spiro atoms. The number of ether oxygens (including phenoxy) is 1. The summed E-state index contributed by atoms with van der Waals surface area (Å²) in [6.45, 7) is 7.57. The molecule has 3 aliphatic rings. The maximum absolute atomic E-state index is 13.7. The average molecular weight is 591 g/mol. The van der Waals surface area contributed by atoms with Gasteiger partial charge in [0, 0.05) is 31.2 Å². The van der Waals surface area contributed by atoms with Crippen LogP contribution in [0.3, 0.4) is 0 Å². The molecule has 3 aliphatic heterocycles. The standard InChI is InChI=1S/C38H46N4O2/c1-3-25-44-36-16-10-7-13-33(36)37(43)40-22-19-38(20-23-40,29-11-5-4-6-12-29)21-24-41-30-17-18-31(41)27-32(26-30)42-28(2)39-34-14-8-9-15-35(34)42/h4-16,30-32H,3,17-27H2,1-2H3. The zero-order valence-corrected chi connectivity index (χ0v) is 26.3. The molecule has 2 unspecified atom stereocenters. The molecule has 0 saturated carbocycles. The molecule has 0 aliphatic carbocycles. The van der Waals surface area contributed by atoms with Crippen LogP contribution in [-0.4, -0.2) is 63.6 Å². The van der Waals surface area contributed by atoms with E-state index in [1.165, 1.54) is 36.8 Å². The Morgan fingerprint density at radius 2 is 1.57 bits per heavy atom. The number of hydrogen-bond donors (Lipinski definition) is 0. The maximum atomic E-state index is 13.7. The summed E-state index contributed by atoms with van der Waals surface area (Å²) in [6.07, 6.45) is 9.06. The van der Waals surface area contributed by atoms with E-state index in [2.05, 4.69) is 82.8 Å². The Morgan fingerprint density at radius 3 is 2.32 bits per heavy atom. The lowest BCUT2D eigenvalue weighted by Crippen LogP contribution is -2.49. The van der Waals surface area contributed by atoms with E-state index in [-0.39, 0.29) is 11.3 Å². The molecule has 0 radical (unpaired) electrons. The van der Waals surface area contributed by atoms with Crippen molar-refractivity contribution in [2.45, 2.75) is 88.8 Å². The smallest absolute Gasteiger partial charge is 0.257 e. The van der Waals surface area contributed by atoms with Gasteiger partial charge in [-0.2, -0.15) is 0 Å². The molecule has 44 heavy (non-hydrogen) atoms. The molecule has 3 fully saturated rings.